The zero-order valence-corrected chi connectivity index (χ0v) is 22.7. The van der Waals surface area contributed by atoms with Crippen LogP contribution in [0.2, 0.25) is 10.0 Å². The van der Waals surface area contributed by atoms with Gasteiger partial charge in [-0.2, -0.15) is 13.2 Å². The van der Waals surface area contributed by atoms with Crippen LogP contribution in [0.3, 0.4) is 0 Å². The molecule has 198 valence electrons. The molecule has 0 aliphatic carbocycles. The van der Waals surface area contributed by atoms with Crippen molar-refractivity contribution in [1.82, 2.24) is 4.90 Å². The lowest BCUT2D eigenvalue weighted by molar-refractivity contribution is -0.137. The summed E-state index contributed by atoms with van der Waals surface area (Å²) in [5.74, 6) is -2.04. The Morgan fingerprint density at radius 2 is 1.49 bits per heavy atom. The van der Waals surface area contributed by atoms with E-state index >= 15 is 0 Å². The molecule has 3 aromatic rings. The molecule has 0 unspecified atom stereocenters. The number of carbonyl (C=O) groups excluding carboxylic acids is 1. The largest absolute Gasteiger partial charge is 0.416 e. The summed E-state index contributed by atoms with van der Waals surface area (Å²) in [5, 5.41) is -0.114. The third-order valence-corrected chi connectivity index (χ3v) is 6.87. The van der Waals surface area contributed by atoms with Crippen LogP contribution in [0.25, 0.3) is 0 Å². The molecule has 0 radical (unpaired) electrons. The lowest BCUT2D eigenvalue weighted by Crippen LogP contribution is -2.33. The van der Waals surface area contributed by atoms with E-state index in [-0.39, 0.29) is 18.5 Å². The zero-order valence-electron chi connectivity index (χ0n) is 21.1. The number of aryl methyl sites for hydroxylation is 1. The molecule has 37 heavy (non-hydrogen) atoms. The first-order chi connectivity index (χ1) is 17.2. The monoisotopic (exact) mass is 553 g/mol. The molecular weight excluding hydrogens is 525 g/mol. The van der Waals surface area contributed by atoms with Crippen molar-refractivity contribution < 1.29 is 22.4 Å². The number of carbonyl (C=O) groups is 1. The highest BCUT2D eigenvalue weighted by atomic mass is 35.5. The Labute approximate surface area is 225 Å². The minimum atomic E-state index is -4.78. The number of hydrogen-bond donors (Lipinski definition) is 0. The van der Waals surface area contributed by atoms with Gasteiger partial charge in [-0.25, -0.2) is 4.39 Å². The van der Waals surface area contributed by atoms with Gasteiger partial charge in [0.15, 0.2) is 5.82 Å². The van der Waals surface area contributed by atoms with Gasteiger partial charge in [0.1, 0.15) is 0 Å². The summed E-state index contributed by atoms with van der Waals surface area (Å²) < 4.78 is 55.0. The highest BCUT2D eigenvalue weighted by molar-refractivity contribution is 6.31. The van der Waals surface area contributed by atoms with Gasteiger partial charge in [0.05, 0.1) is 16.1 Å². The molecule has 0 aromatic heterocycles. The van der Waals surface area contributed by atoms with E-state index in [4.69, 9.17) is 23.2 Å². The summed E-state index contributed by atoms with van der Waals surface area (Å²) in [4.78, 5) is 14.8. The molecule has 0 saturated heterocycles. The number of alkyl halides is 3. The standard InChI is InChI=1S/C29H29Cl2F4NO/c1-5-20-14-18(8-11-24(20)30)12-13-36(17-19-6-9-21(10-7-19)28(2,3)4)27(37)23-15-22(29(33,34)35)16-25(31)26(23)32/h6-11,14-16H,5,12-13,17H2,1-4H3. The van der Waals surface area contributed by atoms with Crippen LogP contribution in [0.5, 0.6) is 0 Å². The molecule has 0 N–H and O–H groups in total. The quantitative estimate of drug-likeness (QED) is 0.267. The number of rotatable bonds is 7. The Bertz CT molecular complexity index is 1260. The second-order valence-corrected chi connectivity index (χ2v) is 10.8. The molecule has 2 nitrogen and oxygen atoms in total. The van der Waals surface area contributed by atoms with E-state index in [1.54, 1.807) is 6.07 Å². The van der Waals surface area contributed by atoms with Gasteiger partial charge in [0.25, 0.3) is 5.91 Å². The van der Waals surface area contributed by atoms with Gasteiger partial charge in [-0.15, -0.1) is 0 Å². The lowest BCUT2D eigenvalue weighted by Gasteiger charge is -2.25. The Hall–Kier alpha value is -2.57. The van der Waals surface area contributed by atoms with E-state index in [0.29, 0.717) is 23.6 Å². The third kappa shape index (κ3) is 7.26. The summed E-state index contributed by atoms with van der Waals surface area (Å²) in [7, 11) is 0. The van der Waals surface area contributed by atoms with Crippen LogP contribution >= 0.6 is 23.2 Å². The minimum Gasteiger partial charge on any atom is -0.334 e. The molecule has 0 spiro atoms. The topological polar surface area (TPSA) is 20.3 Å². The first kappa shape index (κ1) is 29.0. The molecule has 0 atom stereocenters. The number of benzene rings is 3. The van der Waals surface area contributed by atoms with Crippen molar-refractivity contribution in [2.75, 3.05) is 6.54 Å². The molecule has 0 bridgehead atoms. The molecule has 3 rings (SSSR count). The van der Waals surface area contributed by atoms with Crippen molar-refractivity contribution in [2.24, 2.45) is 0 Å². The van der Waals surface area contributed by atoms with Gasteiger partial charge in [0, 0.05) is 18.1 Å². The van der Waals surface area contributed by atoms with Crippen LogP contribution in [0.4, 0.5) is 17.6 Å². The van der Waals surface area contributed by atoms with Crippen LogP contribution in [-0.4, -0.2) is 17.4 Å². The van der Waals surface area contributed by atoms with Gasteiger partial charge in [-0.3, -0.25) is 4.79 Å². The number of halogens is 6. The molecular formula is C29H29Cl2F4NO. The van der Waals surface area contributed by atoms with Crippen LogP contribution in [0.15, 0.2) is 54.6 Å². The second-order valence-electron chi connectivity index (χ2n) is 10.0. The summed E-state index contributed by atoms with van der Waals surface area (Å²) in [6.45, 7) is 8.45. The first-order valence-corrected chi connectivity index (χ1v) is 12.7. The number of nitrogens with zero attached hydrogens (tertiary/aromatic N) is 1. The molecule has 3 aromatic carbocycles. The van der Waals surface area contributed by atoms with E-state index in [1.807, 2.05) is 43.3 Å². The van der Waals surface area contributed by atoms with Gasteiger partial charge < -0.3 is 4.90 Å². The predicted molar refractivity (Wildman–Crippen MR) is 141 cm³/mol. The fourth-order valence-corrected chi connectivity index (χ4v) is 4.45. The predicted octanol–water partition coefficient (Wildman–Crippen LogP) is 8.90. The average molecular weight is 554 g/mol. The first-order valence-electron chi connectivity index (χ1n) is 11.9. The molecule has 8 heteroatoms. The second kappa shape index (κ2) is 11.4. The van der Waals surface area contributed by atoms with E-state index in [9.17, 15) is 22.4 Å². The molecule has 0 saturated carbocycles. The van der Waals surface area contributed by atoms with Crippen molar-refractivity contribution >= 4 is 29.1 Å². The van der Waals surface area contributed by atoms with Crippen molar-refractivity contribution in [3.8, 4) is 0 Å². The highest BCUT2D eigenvalue weighted by Gasteiger charge is 2.34. The molecule has 1 amide bonds. The summed E-state index contributed by atoms with van der Waals surface area (Å²) in [6.07, 6.45) is -3.65. The van der Waals surface area contributed by atoms with E-state index in [2.05, 4.69) is 20.8 Å². The maximum atomic E-state index is 14.8. The van der Waals surface area contributed by atoms with Gasteiger partial charge >= 0.3 is 6.18 Å². The van der Waals surface area contributed by atoms with Crippen molar-refractivity contribution in [2.45, 2.75) is 58.7 Å². The molecule has 0 aliphatic rings. The van der Waals surface area contributed by atoms with Crippen molar-refractivity contribution in [1.29, 1.82) is 0 Å². The SMILES string of the molecule is CCc1cc(CCN(Cc2ccc(C(C)(C)C)cc2)C(=O)c2cc(C(F)(F)F)cc(Cl)c2F)ccc1Cl. The summed E-state index contributed by atoms with van der Waals surface area (Å²) >= 11 is 12.0. The Kier molecular flexibility index (Phi) is 8.97. The summed E-state index contributed by atoms with van der Waals surface area (Å²) in [6, 6.07) is 14.2. The Morgan fingerprint density at radius 3 is 2.05 bits per heavy atom. The Balaban J connectivity index is 1.97. The van der Waals surface area contributed by atoms with Crippen molar-refractivity contribution in [3.05, 3.63) is 104 Å². The lowest BCUT2D eigenvalue weighted by atomic mass is 9.87. The highest BCUT2D eigenvalue weighted by Crippen LogP contribution is 2.34. The van der Waals surface area contributed by atoms with Crippen molar-refractivity contribution in [3.63, 3.8) is 0 Å². The van der Waals surface area contributed by atoms with Crippen LogP contribution in [-0.2, 0) is 31.0 Å². The van der Waals surface area contributed by atoms with E-state index < -0.39 is 34.1 Å². The zero-order chi connectivity index (χ0) is 27.5. The fraction of sp³-hybridized carbons (Fsp3) is 0.345. The van der Waals surface area contributed by atoms with Crippen LogP contribution < -0.4 is 0 Å². The Morgan fingerprint density at radius 1 is 0.865 bits per heavy atom. The van der Waals surface area contributed by atoms with E-state index in [1.165, 1.54) is 4.90 Å². The van der Waals surface area contributed by atoms with Gasteiger partial charge in [-0.1, -0.05) is 87.3 Å². The third-order valence-electron chi connectivity index (χ3n) is 6.23. The smallest absolute Gasteiger partial charge is 0.334 e. The van der Waals surface area contributed by atoms with Gasteiger partial charge in [0.2, 0.25) is 0 Å². The number of hydrogen-bond acceptors (Lipinski definition) is 1. The molecule has 0 aliphatic heterocycles. The minimum absolute atomic E-state index is 0.0719. The molecule has 0 fully saturated rings. The maximum absolute atomic E-state index is 14.8. The van der Waals surface area contributed by atoms with E-state index in [0.717, 1.165) is 28.7 Å². The molecule has 0 heterocycles. The summed E-state index contributed by atoms with van der Waals surface area (Å²) in [5.41, 5.74) is 1.76. The van der Waals surface area contributed by atoms with Crippen LogP contribution in [0.1, 0.15) is 65.9 Å². The maximum Gasteiger partial charge on any atom is 0.416 e. The normalized spacial score (nSPS) is 12.1. The fourth-order valence-electron chi connectivity index (χ4n) is 3.98. The van der Waals surface area contributed by atoms with Gasteiger partial charge in [-0.05, 0) is 58.7 Å². The average Bonchev–Trinajstić information content (AvgIpc) is 2.82. The van der Waals surface area contributed by atoms with Crippen LogP contribution in [0, 0.1) is 5.82 Å². The number of amides is 1.